The third-order valence-electron chi connectivity index (χ3n) is 4.60. The van der Waals surface area contributed by atoms with Crippen molar-refractivity contribution in [2.24, 2.45) is 0 Å². The lowest BCUT2D eigenvalue weighted by Crippen LogP contribution is -2.26. The van der Waals surface area contributed by atoms with E-state index in [9.17, 15) is 19.8 Å². The minimum absolute atomic E-state index is 0.112. The number of hydrogen-bond acceptors (Lipinski definition) is 5. The second-order valence-corrected chi connectivity index (χ2v) is 8.28. The van der Waals surface area contributed by atoms with E-state index in [4.69, 9.17) is 16.3 Å². The Morgan fingerprint density at radius 1 is 1.03 bits per heavy atom. The first-order valence-corrected chi connectivity index (χ1v) is 11.4. The number of thioether (sulfide) groups is 1. The van der Waals surface area contributed by atoms with Crippen molar-refractivity contribution in [1.29, 1.82) is 0 Å². The lowest BCUT2D eigenvalue weighted by atomic mass is 10.1. The molecule has 1 aromatic rings. The Hall–Kier alpha value is -2.17. The van der Waals surface area contributed by atoms with Gasteiger partial charge < -0.3 is 20.1 Å². The van der Waals surface area contributed by atoms with Gasteiger partial charge in [-0.25, -0.2) is 4.79 Å². The van der Waals surface area contributed by atoms with Crippen LogP contribution in [0.5, 0.6) is 5.75 Å². The van der Waals surface area contributed by atoms with Gasteiger partial charge in [0, 0.05) is 17.7 Å². The van der Waals surface area contributed by atoms with E-state index in [2.05, 4.69) is 5.92 Å². The molecule has 0 fully saturated rings. The molecule has 30 heavy (non-hydrogen) atoms. The third kappa shape index (κ3) is 10.6. The number of ether oxygens (including phenoxy) is 1. The maximum absolute atomic E-state index is 11.3. The summed E-state index contributed by atoms with van der Waals surface area (Å²) in [6, 6.07) is 7.01. The Morgan fingerprint density at radius 2 is 1.67 bits per heavy atom. The predicted octanol–water partition coefficient (Wildman–Crippen LogP) is 4.51. The topological polar surface area (TPSA) is 104 Å². The normalized spacial score (nSPS) is 12.7. The molecule has 1 rings (SSSR count). The van der Waals surface area contributed by atoms with Crippen LogP contribution in [0.3, 0.4) is 0 Å². The Labute approximate surface area is 183 Å². The van der Waals surface area contributed by atoms with Crippen molar-refractivity contribution in [3.63, 3.8) is 0 Å². The Balaban J connectivity index is 2.54. The fourth-order valence-corrected chi connectivity index (χ4v) is 4.22. The van der Waals surface area contributed by atoms with E-state index in [0.717, 1.165) is 43.9 Å². The predicted molar refractivity (Wildman–Crippen MR) is 119 cm³/mol. The van der Waals surface area contributed by atoms with Crippen LogP contribution in [-0.4, -0.2) is 45.7 Å². The maximum Gasteiger partial charge on any atom is 0.334 e. The molecule has 6 nitrogen and oxygen atoms in total. The van der Waals surface area contributed by atoms with Crippen molar-refractivity contribution in [3.05, 3.63) is 29.8 Å². The van der Waals surface area contributed by atoms with Crippen LogP contribution in [-0.2, 0) is 9.59 Å². The van der Waals surface area contributed by atoms with Gasteiger partial charge >= 0.3 is 11.9 Å². The van der Waals surface area contributed by atoms with E-state index >= 15 is 0 Å². The number of unbranched alkanes of at least 4 members (excludes halogenated alkanes) is 7. The molecule has 0 aliphatic carbocycles. The number of carboxylic acids is 2. The number of aliphatic hydroxyl groups excluding tert-OH is 1. The molecule has 2 unspecified atom stereocenters. The molecule has 0 saturated heterocycles. The zero-order valence-corrected chi connectivity index (χ0v) is 18.1. The molecule has 0 bridgehead atoms. The highest BCUT2D eigenvalue weighted by atomic mass is 32.2. The van der Waals surface area contributed by atoms with Crippen molar-refractivity contribution >= 4 is 23.7 Å². The SMILES string of the molecule is C#CCCCCCCCCCOc1ccccc1C(SCCC(=O)O)C(O)C(=O)O. The lowest BCUT2D eigenvalue weighted by molar-refractivity contribution is -0.146. The summed E-state index contributed by atoms with van der Waals surface area (Å²) in [5.41, 5.74) is 0.566. The van der Waals surface area contributed by atoms with Gasteiger partial charge in [0.05, 0.1) is 18.3 Å². The highest BCUT2D eigenvalue weighted by molar-refractivity contribution is 7.99. The minimum Gasteiger partial charge on any atom is -0.493 e. The molecule has 166 valence electrons. The minimum atomic E-state index is -1.65. The molecule has 0 aromatic heterocycles. The first-order valence-electron chi connectivity index (χ1n) is 10.4. The fraction of sp³-hybridized carbons (Fsp3) is 0.565. The monoisotopic (exact) mass is 436 g/mol. The van der Waals surface area contributed by atoms with Gasteiger partial charge in [-0.15, -0.1) is 24.1 Å². The highest BCUT2D eigenvalue weighted by Gasteiger charge is 2.30. The molecule has 1 aromatic carbocycles. The van der Waals surface area contributed by atoms with Gasteiger partial charge in [0.2, 0.25) is 0 Å². The standard InChI is InChI=1S/C23H32O6S/c1-2-3-4-5-6-7-8-9-12-16-29-19-14-11-10-13-18(19)22(21(26)23(27)28)30-17-15-20(24)25/h1,10-11,13-14,21-22,26H,3-9,12,15-17H2,(H,24,25)(H,27,28). The molecular formula is C23H32O6S. The van der Waals surface area contributed by atoms with Crippen molar-refractivity contribution in [2.45, 2.75) is 69.1 Å². The van der Waals surface area contributed by atoms with Gasteiger partial charge in [0.1, 0.15) is 5.75 Å². The lowest BCUT2D eigenvalue weighted by Gasteiger charge is -2.22. The maximum atomic E-state index is 11.3. The molecule has 0 radical (unpaired) electrons. The molecule has 3 N–H and O–H groups in total. The van der Waals surface area contributed by atoms with Crippen molar-refractivity contribution in [2.75, 3.05) is 12.4 Å². The number of benzene rings is 1. The summed E-state index contributed by atoms with van der Waals surface area (Å²) in [7, 11) is 0. The number of carbonyl (C=O) groups is 2. The van der Waals surface area contributed by atoms with Gasteiger partial charge in [-0.05, 0) is 18.9 Å². The number of para-hydroxylation sites is 1. The number of terminal acetylenes is 1. The van der Waals surface area contributed by atoms with Crippen LogP contribution in [0.2, 0.25) is 0 Å². The second-order valence-electron chi connectivity index (χ2n) is 7.03. The molecule has 7 heteroatoms. The first-order chi connectivity index (χ1) is 14.5. The zero-order chi connectivity index (χ0) is 22.2. The summed E-state index contributed by atoms with van der Waals surface area (Å²) in [6.07, 6.45) is 12.0. The molecule has 2 atom stereocenters. The van der Waals surface area contributed by atoms with Crippen molar-refractivity contribution in [1.82, 2.24) is 0 Å². The third-order valence-corrected chi connectivity index (χ3v) is 5.91. The number of aliphatic carboxylic acids is 2. The average Bonchev–Trinajstić information content (AvgIpc) is 2.72. The van der Waals surface area contributed by atoms with Crippen LogP contribution in [0.25, 0.3) is 0 Å². The van der Waals surface area contributed by atoms with Crippen molar-refractivity contribution in [3.8, 4) is 18.1 Å². The largest absolute Gasteiger partial charge is 0.493 e. The van der Waals surface area contributed by atoms with Crippen LogP contribution < -0.4 is 4.74 Å². The highest BCUT2D eigenvalue weighted by Crippen LogP contribution is 2.38. The summed E-state index contributed by atoms with van der Waals surface area (Å²) in [4.78, 5) is 22.1. The van der Waals surface area contributed by atoms with E-state index < -0.39 is 23.3 Å². The quantitative estimate of drug-likeness (QED) is 0.244. The van der Waals surface area contributed by atoms with Gasteiger partial charge in [-0.1, -0.05) is 50.3 Å². The van der Waals surface area contributed by atoms with E-state index in [-0.39, 0.29) is 12.2 Å². The Bertz CT molecular complexity index is 685. The van der Waals surface area contributed by atoms with Crippen LogP contribution >= 0.6 is 11.8 Å². The number of carboxylic acid groups (broad SMARTS) is 2. The van der Waals surface area contributed by atoms with Gasteiger partial charge in [0.25, 0.3) is 0 Å². The average molecular weight is 437 g/mol. The molecule has 0 aliphatic rings. The van der Waals surface area contributed by atoms with E-state index in [1.165, 1.54) is 19.3 Å². The summed E-state index contributed by atoms with van der Waals surface area (Å²) in [6.45, 7) is 0.504. The molecule has 0 saturated carbocycles. The van der Waals surface area contributed by atoms with Crippen LogP contribution in [0.1, 0.15) is 68.6 Å². The van der Waals surface area contributed by atoms with Gasteiger partial charge in [0.15, 0.2) is 6.10 Å². The van der Waals surface area contributed by atoms with E-state index in [1.54, 1.807) is 24.3 Å². The second kappa shape index (κ2) is 15.6. The van der Waals surface area contributed by atoms with E-state index in [1.807, 2.05) is 0 Å². The van der Waals surface area contributed by atoms with Crippen molar-refractivity contribution < 1.29 is 29.6 Å². The number of aliphatic hydroxyl groups is 1. The van der Waals surface area contributed by atoms with Gasteiger partial charge in [-0.2, -0.15) is 0 Å². The molecule has 0 spiro atoms. The summed E-state index contributed by atoms with van der Waals surface area (Å²) < 4.78 is 5.88. The first kappa shape index (κ1) is 25.9. The summed E-state index contributed by atoms with van der Waals surface area (Å²) >= 11 is 1.11. The smallest absolute Gasteiger partial charge is 0.334 e. The fourth-order valence-electron chi connectivity index (χ4n) is 3.00. The molecular weight excluding hydrogens is 404 g/mol. The van der Waals surface area contributed by atoms with Crippen LogP contribution in [0.15, 0.2) is 24.3 Å². The Morgan fingerprint density at radius 3 is 2.30 bits per heavy atom. The molecule has 0 amide bonds. The zero-order valence-electron chi connectivity index (χ0n) is 17.3. The number of rotatable bonds is 17. The van der Waals surface area contributed by atoms with E-state index in [0.29, 0.717) is 17.9 Å². The number of hydrogen-bond donors (Lipinski definition) is 3. The summed E-state index contributed by atoms with van der Waals surface area (Å²) in [5, 5.41) is 27.4. The van der Waals surface area contributed by atoms with Crippen LogP contribution in [0, 0.1) is 12.3 Å². The van der Waals surface area contributed by atoms with Crippen LogP contribution in [0.4, 0.5) is 0 Å². The molecule has 0 heterocycles. The summed E-state index contributed by atoms with van der Waals surface area (Å²) in [5.74, 6) is 1.06. The Kier molecular flexibility index (Phi) is 13.5. The van der Waals surface area contributed by atoms with Gasteiger partial charge in [-0.3, -0.25) is 4.79 Å². The molecule has 0 aliphatic heterocycles.